The van der Waals surface area contributed by atoms with Crippen molar-refractivity contribution in [3.63, 3.8) is 0 Å². The minimum atomic E-state index is -1.14. The number of hydrogen-bond donors (Lipinski definition) is 2. The van der Waals surface area contributed by atoms with Crippen LogP contribution < -0.4 is 11.5 Å². The van der Waals surface area contributed by atoms with Gasteiger partial charge in [-0.1, -0.05) is 24.3 Å². The van der Waals surface area contributed by atoms with E-state index < -0.39 is 17.2 Å². The molecule has 1 aromatic carbocycles. The summed E-state index contributed by atoms with van der Waals surface area (Å²) in [6, 6.07) is 7.47. The molecule has 1 atom stereocenters. The molecular weight excluding hydrogens is 286 g/mol. The van der Waals surface area contributed by atoms with Crippen LogP contribution in [0.5, 0.6) is 0 Å². The monoisotopic (exact) mass is 303 g/mol. The first kappa shape index (κ1) is 15.3. The van der Waals surface area contributed by atoms with Crippen LogP contribution in [0.3, 0.4) is 0 Å². The lowest BCUT2D eigenvalue weighted by molar-refractivity contribution is -0.121. The van der Waals surface area contributed by atoms with Gasteiger partial charge in [-0.25, -0.2) is 0 Å². The summed E-state index contributed by atoms with van der Waals surface area (Å²) in [5.41, 5.74) is 11.9. The van der Waals surface area contributed by atoms with E-state index in [1.54, 1.807) is 6.26 Å². The van der Waals surface area contributed by atoms with Crippen molar-refractivity contribution in [2.24, 2.45) is 16.5 Å². The van der Waals surface area contributed by atoms with Gasteiger partial charge in [-0.05, 0) is 24.3 Å². The van der Waals surface area contributed by atoms with Crippen LogP contribution >= 0.6 is 11.8 Å². The van der Waals surface area contributed by atoms with Gasteiger partial charge in [-0.3, -0.25) is 14.6 Å². The van der Waals surface area contributed by atoms with Gasteiger partial charge in [0.05, 0.1) is 12.1 Å². The number of aliphatic imine (C=N–C) groups is 1. The molecule has 110 valence electrons. The summed E-state index contributed by atoms with van der Waals surface area (Å²) < 4.78 is 0. The second kappa shape index (κ2) is 5.73. The lowest BCUT2D eigenvalue weighted by Gasteiger charge is -2.35. The maximum Gasteiger partial charge on any atom is 0.251 e. The third-order valence-electron chi connectivity index (χ3n) is 3.68. The Kier molecular flexibility index (Phi) is 4.18. The number of nitrogens with two attached hydrogens (primary N) is 2. The normalized spacial score (nSPS) is 21.4. The molecule has 1 heterocycles. The van der Waals surface area contributed by atoms with Gasteiger partial charge >= 0.3 is 0 Å². The number of primary amides is 2. The van der Waals surface area contributed by atoms with Gasteiger partial charge in [-0.15, -0.1) is 11.8 Å². The summed E-state index contributed by atoms with van der Waals surface area (Å²) >= 11 is 1.31. The molecule has 0 fully saturated rings. The van der Waals surface area contributed by atoms with Crippen LogP contribution in [-0.2, 0) is 15.0 Å². The smallest absolute Gasteiger partial charge is 0.251 e. The summed E-state index contributed by atoms with van der Waals surface area (Å²) in [5, 5.41) is 0. The molecule has 2 amide bonds. The van der Waals surface area contributed by atoms with Gasteiger partial charge in [0, 0.05) is 11.1 Å². The number of carbonyl (C=O) groups excluding carboxylic acids is 2. The van der Waals surface area contributed by atoms with Crippen molar-refractivity contribution in [2.45, 2.75) is 12.3 Å². The van der Waals surface area contributed by atoms with E-state index in [9.17, 15) is 9.59 Å². The third-order valence-corrected chi connectivity index (χ3v) is 4.65. The fraction of sp³-hybridized carbons (Fsp3) is 0.267. The number of hydrogen-bond acceptors (Lipinski definition) is 4. The molecule has 1 aliphatic heterocycles. The van der Waals surface area contributed by atoms with Crippen molar-refractivity contribution in [1.29, 1.82) is 0 Å². The van der Waals surface area contributed by atoms with Crippen molar-refractivity contribution >= 4 is 29.8 Å². The number of nitrogens with zero attached hydrogens (tertiary/aromatic N) is 1. The van der Waals surface area contributed by atoms with E-state index in [2.05, 4.69) is 4.99 Å². The van der Waals surface area contributed by atoms with E-state index in [0.717, 1.165) is 11.1 Å². The highest BCUT2D eigenvalue weighted by Crippen LogP contribution is 2.42. The van der Waals surface area contributed by atoms with Gasteiger partial charge in [0.25, 0.3) is 5.91 Å². The van der Waals surface area contributed by atoms with Crippen LogP contribution in [0, 0.1) is 6.92 Å². The van der Waals surface area contributed by atoms with Crippen molar-refractivity contribution in [3.05, 3.63) is 45.9 Å². The molecular formula is C15H17N3O2S. The highest BCUT2D eigenvalue weighted by molar-refractivity contribution is 8.02. The molecule has 0 aliphatic carbocycles. The Hall–Kier alpha value is -2.08. The maximum atomic E-state index is 12.3. The van der Waals surface area contributed by atoms with Crippen LogP contribution in [-0.4, -0.2) is 30.8 Å². The molecule has 5 nitrogen and oxygen atoms in total. The number of rotatable bonds is 4. The topological polar surface area (TPSA) is 98.5 Å². The van der Waals surface area contributed by atoms with Gasteiger partial charge in [-0.2, -0.15) is 0 Å². The molecule has 1 aliphatic rings. The number of carbonyl (C=O) groups is 2. The third kappa shape index (κ3) is 2.35. The Morgan fingerprint density at radius 3 is 2.48 bits per heavy atom. The molecule has 6 heteroatoms. The molecule has 0 saturated heterocycles. The Morgan fingerprint density at radius 1 is 1.29 bits per heavy atom. The predicted molar refractivity (Wildman–Crippen MR) is 85.1 cm³/mol. The van der Waals surface area contributed by atoms with E-state index in [0.29, 0.717) is 4.91 Å². The molecule has 0 spiro atoms. The SMILES string of the molecule is CSC1=C(C(N)=O)C=NCC1(C(N)=O)c1ccccc1C. The zero-order valence-electron chi connectivity index (χ0n) is 11.9. The predicted octanol–water partition coefficient (Wildman–Crippen LogP) is 0.905. The number of benzene rings is 1. The van der Waals surface area contributed by atoms with Crippen LogP contribution in [0.2, 0.25) is 0 Å². The molecule has 0 radical (unpaired) electrons. The Labute approximate surface area is 127 Å². The van der Waals surface area contributed by atoms with Gasteiger partial charge in [0.1, 0.15) is 5.41 Å². The second-order valence-electron chi connectivity index (χ2n) is 4.87. The standard InChI is InChI=1S/C15H17N3O2S/c1-9-5-3-4-6-11(9)15(14(17)20)8-18-7-10(13(16)19)12(15)21-2/h3-7H,8H2,1-2H3,(H2,16,19)(H2,17,20). The average Bonchev–Trinajstić information content (AvgIpc) is 2.46. The first-order chi connectivity index (χ1) is 9.95. The number of amides is 2. The first-order valence-corrected chi connectivity index (χ1v) is 7.62. The highest BCUT2D eigenvalue weighted by Gasteiger charge is 2.46. The summed E-state index contributed by atoms with van der Waals surface area (Å²) in [5.74, 6) is -1.14. The minimum absolute atomic E-state index is 0.181. The van der Waals surface area contributed by atoms with Crippen LogP contribution in [0.25, 0.3) is 0 Å². The Bertz CT molecular complexity index is 667. The lowest BCUT2D eigenvalue weighted by Crippen LogP contribution is -2.48. The van der Waals surface area contributed by atoms with Gasteiger partial charge in [0.15, 0.2) is 0 Å². The fourth-order valence-electron chi connectivity index (χ4n) is 2.68. The van der Waals surface area contributed by atoms with E-state index in [4.69, 9.17) is 11.5 Å². The van der Waals surface area contributed by atoms with E-state index in [1.807, 2.05) is 31.2 Å². The zero-order valence-corrected chi connectivity index (χ0v) is 12.7. The molecule has 0 bridgehead atoms. The van der Waals surface area contributed by atoms with Crippen molar-refractivity contribution < 1.29 is 9.59 Å². The molecule has 4 N–H and O–H groups in total. The van der Waals surface area contributed by atoms with Crippen LogP contribution in [0.1, 0.15) is 11.1 Å². The molecule has 0 aromatic heterocycles. The van der Waals surface area contributed by atoms with Crippen molar-refractivity contribution in [3.8, 4) is 0 Å². The van der Waals surface area contributed by atoms with Crippen molar-refractivity contribution in [1.82, 2.24) is 0 Å². The van der Waals surface area contributed by atoms with Gasteiger partial charge in [0.2, 0.25) is 5.91 Å². The molecule has 2 rings (SSSR count). The minimum Gasteiger partial charge on any atom is -0.369 e. The molecule has 1 aromatic rings. The lowest BCUT2D eigenvalue weighted by atomic mass is 9.74. The fourth-order valence-corrected chi connectivity index (χ4v) is 3.67. The summed E-state index contributed by atoms with van der Waals surface area (Å²) in [6.07, 6.45) is 3.22. The molecule has 0 saturated carbocycles. The summed E-state index contributed by atoms with van der Waals surface area (Å²) in [6.45, 7) is 2.08. The zero-order chi connectivity index (χ0) is 15.6. The van der Waals surface area contributed by atoms with Crippen LogP contribution in [0.15, 0.2) is 39.7 Å². The maximum absolute atomic E-state index is 12.3. The first-order valence-electron chi connectivity index (χ1n) is 6.39. The highest BCUT2D eigenvalue weighted by atomic mass is 32.2. The Morgan fingerprint density at radius 2 is 1.95 bits per heavy atom. The summed E-state index contributed by atoms with van der Waals surface area (Å²) in [7, 11) is 0. The quantitative estimate of drug-likeness (QED) is 0.864. The number of thioether (sulfide) groups is 1. The Balaban J connectivity index is 2.80. The number of aryl methyl sites for hydroxylation is 1. The number of dihydropyridines is 1. The van der Waals surface area contributed by atoms with Crippen LogP contribution in [0.4, 0.5) is 0 Å². The summed E-state index contributed by atoms with van der Waals surface area (Å²) in [4.78, 5) is 28.7. The van der Waals surface area contributed by atoms with E-state index in [-0.39, 0.29) is 12.1 Å². The van der Waals surface area contributed by atoms with E-state index in [1.165, 1.54) is 18.0 Å². The largest absolute Gasteiger partial charge is 0.369 e. The second-order valence-corrected chi connectivity index (χ2v) is 5.68. The average molecular weight is 303 g/mol. The van der Waals surface area contributed by atoms with Crippen molar-refractivity contribution in [2.75, 3.05) is 12.8 Å². The van der Waals surface area contributed by atoms with Gasteiger partial charge < -0.3 is 11.5 Å². The van der Waals surface area contributed by atoms with E-state index >= 15 is 0 Å². The molecule has 21 heavy (non-hydrogen) atoms. The molecule has 1 unspecified atom stereocenters.